The van der Waals surface area contributed by atoms with Crippen LogP contribution in [0.15, 0.2) is 49.3 Å². The number of anilines is 4. The highest BCUT2D eigenvalue weighted by Crippen LogP contribution is 2.42. The molecule has 1 aliphatic heterocycles. The third-order valence-electron chi connectivity index (χ3n) is 6.84. The number of aromatic nitrogens is 5. The van der Waals surface area contributed by atoms with Gasteiger partial charge in [-0.1, -0.05) is 17.7 Å². The number of nitrogens with zero attached hydrogens (tertiary/aromatic N) is 7. The number of benzene rings is 1. The molecular weight excluding hydrogens is 565 g/mol. The number of rotatable bonds is 11. The molecule has 0 amide bonds. The molecule has 0 atom stereocenters. The number of hydrogen-bond donors (Lipinski definition) is 3. The summed E-state index contributed by atoms with van der Waals surface area (Å²) in [5.74, 6) is 0.892. The quantitative estimate of drug-likeness (QED) is 0.233. The van der Waals surface area contributed by atoms with Crippen LogP contribution in [0.25, 0.3) is 11.3 Å². The third-order valence-corrected chi connectivity index (χ3v) is 7.22. The highest BCUT2D eigenvalue weighted by Gasteiger charge is 2.21. The number of pyridine rings is 1. The molecule has 1 saturated heterocycles. The number of halogens is 2. The zero-order valence-electron chi connectivity index (χ0n) is 23.2. The molecule has 4 heterocycles. The van der Waals surface area contributed by atoms with Gasteiger partial charge in [0.05, 0.1) is 32.1 Å². The van der Waals surface area contributed by atoms with Crippen molar-refractivity contribution in [3.05, 3.63) is 65.7 Å². The van der Waals surface area contributed by atoms with Crippen LogP contribution in [0.4, 0.5) is 27.5 Å². The summed E-state index contributed by atoms with van der Waals surface area (Å²) in [6, 6.07) is 7.02. The summed E-state index contributed by atoms with van der Waals surface area (Å²) in [6.07, 6.45) is 6.14. The van der Waals surface area contributed by atoms with E-state index in [1.807, 2.05) is 18.3 Å². The van der Waals surface area contributed by atoms with Crippen LogP contribution in [0.1, 0.15) is 5.56 Å². The second kappa shape index (κ2) is 13.7. The Labute approximate surface area is 247 Å². The molecule has 1 aliphatic rings. The fourth-order valence-electron chi connectivity index (χ4n) is 4.60. The Morgan fingerprint density at radius 1 is 0.905 bits per heavy atom. The van der Waals surface area contributed by atoms with Crippen molar-refractivity contribution in [1.82, 2.24) is 34.7 Å². The predicted molar refractivity (Wildman–Crippen MR) is 157 cm³/mol. The minimum Gasteiger partial charge on any atom is -0.495 e. The summed E-state index contributed by atoms with van der Waals surface area (Å²) in [6.45, 7) is 5.52. The summed E-state index contributed by atoms with van der Waals surface area (Å²) in [5, 5.41) is 15.3. The number of ether oxygens (including phenoxy) is 2. The van der Waals surface area contributed by atoms with E-state index in [1.165, 1.54) is 32.9 Å². The van der Waals surface area contributed by atoms with Crippen molar-refractivity contribution < 1.29 is 19.0 Å². The van der Waals surface area contributed by atoms with Crippen LogP contribution in [-0.4, -0.2) is 93.4 Å². The van der Waals surface area contributed by atoms with Gasteiger partial charge in [0.1, 0.15) is 46.6 Å². The number of methoxy groups -OCH3 is 2. The first-order valence-electron chi connectivity index (χ1n) is 13.3. The maximum atomic E-state index is 15.2. The molecule has 0 spiro atoms. The van der Waals surface area contributed by atoms with Crippen LogP contribution in [0, 0.1) is 5.82 Å². The summed E-state index contributed by atoms with van der Waals surface area (Å²) in [7, 11) is 2.78. The van der Waals surface area contributed by atoms with Gasteiger partial charge in [-0.2, -0.15) is 0 Å². The van der Waals surface area contributed by atoms with Crippen molar-refractivity contribution in [1.29, 1.82) is 0 Å². The van der Waals surface area contributed by atoms with E-state index >= 15 is 4.39 Å². The normalized spacial score (nSPS) is 14.0. The molecule has 5 rings (SSSR count). The molecule has 42 heavy (non-hydrogen) atoms. The SMILES string of the molecule is COc1cc(OC)c(Cl)c(Nc2ncncc2-c2cc(Nc3ccc(CN4CCN(CCO)CC4)cn3)ncn2)c1F. The number of nitrogens with one attached hydrogen (secondary N) is 2. The van der Waals surface area contributed by atoms with Gasteiger partial charge in [-0.25, -0.2) is 29.3 Å². The Morgan fingerprint density at radius 2 is 1.69 bits per heavy atom. The summed E-state index contributed by atoms with van der Waals surface area (Å²) in [5.41, 5.74) is 2.02. The molecule has 0 aliphatic carbocycles. The Kier molecular flexibility index (Phi) is 9.54. The van der Waals surface area contributed by atoms with Crippen molar-refractivity contribution in [2.75, 3.05) is 64.2 Å². The topological polar surface area (TPSA) is 134 Å². The fourth-order valence-corrected chi connectivity index (χ4v) is 4.86. The molecule has 1 fully saturated rings. The van der Waals surface area contributed by atoms with E-state index in [4.69, 9.17) is 26.2 Å². The van der Waals surface area contributed by atoms with Crippen LogP contribution < -0.4 is 20.1 Å². The first kappa shape index (κ1) is 29.3. The highest BCUT2D eigenvalue weighted by molar-refractivity contribution is 6.35. The minimum atomic E-state index is -0.698. The van der Waals surface area contributed by atoms with Crippen LogP contribution in [-0.2, 0) is 6.54 Å². The van der Waals surface area contributed by atoms with Gasteiger partial charge in [0.25, 0.3) is 0 Å². The second-order valence-electron chi connectivity index (χ2n) is 9.50. The molecule has 220 valence electrons. The maximum absolute atomic E-state index is 15.2. The van der Waals surface area contributed by atoms with Gasteiger partial charge in [0.2, 0.25) is 0 Å². The molecule has 3 aromatic heterocycles. The molecular formula is C28H31ClFN9O3. The Hall–Kier alpha value is -4.17. The molecule has 0 saturated carbocycles. The fraction of sp³-hybridized carbons (Fsp3) is 0.321. The average molecular weight is 596 g/mol. The van der Waals surface area contributed by atoms with Gasteiger partial charge in [0, 0.05) is 63.8 Å². The van der Waals surface area contributed by atoms with Gasteiger partial charge >= 0.3 is 0 Å². The van der Waals surface area contributed by atoms with Crippen LogP contribution in [0.2, 0.25) is 5.02 Å². The van der Waals surface area contributed by atoms with Gasteiger partial charge in [0.15, 0.2) is 11.6 Å². The van der Waals surface area contributed by atoms with E-state index in [-0.39, 0.29) is 34.6 Å². The first-order chi connectivity index (χ1) is 20.5. The summed E-state index contributed by atoms with van der Waals surface area (Å²) < 4.78 is 25.6. The van der Waals surface area contributed by atoms with E-state index < -0.39 is 5.82 Å². The van der Waals surface area contributed by atoms with Gasteiger partial charge in [-0.3, -0.25) is 9.80 Å². The van der Waals surface area contributed by atoms with Crippen LogP contribution >= 0.6 is 11.6 Å². The Bertz CT molecular complexity index is 1480. The monoisotopic (exact) mass is 595 g/mol. The standard InChI is InChI=1S/C28H31ClFN9O3/c1-41-21-12-22(42-2)26(30)27(25(21)29)37-28-19(14-31-16-35-28)20-11-24(34-17-33-20)36-23-4-3-18(13-32-23)15-39-7-5-38(6-8-39)9-10-40/h3-4,11-14,16-17,40H,5-10,15H2,1-2H3,(H,31,35,37)(H,32,33,34,36). The smallest absolute Gasteiger partial charge is 0.190 e. The van der Waals surface area contributed by atoms with E-state index in [1.54, 1.807) is 12.3 Å². The number of piperazine rings is 1. The lowest BCUT2D eigenvalue weighted by atomic mass is 10.2. The Morgan fingerprint density at radius 3 is 2.40 bits per heavy atom. The van der Waals surface area contributed by atoms with Gasteiger partial charge in [-0.15, -0.1) is 0 Å². The van der Waals surface area contributed by atoms with E-state index in [0.717, 1.165) is 44.8 Å². The van der Waals surface area contributed by atoms with Gasteiger partial charge in [-0.05, 0) is 11.6 Å². The highest BCUT2D eigenvalue weighted by atomic mass is 35.5. The first-order valence-corrected chi connectivity index (χ1v) is 13.6. The molecule has 12 nitrogen and oxygen atoms in total. The molecule has 3 N–H and O–H groups in total. The molecule has 0 radical (unpaired) electrons. The lowest BCUT2D eigenvalue weighted by Gasteiger charge is -2.34. The van der Waals surface area contributed by atoms with E-state index in [0.29, 0.717) is 22.9 Å². The predicted octanol–water partition coefficient (Wildman–Crippen LogP) is 3.74. The molecule has 0 unspecified atom stereocenters. The molecule has 0 bridgehead atoms. The second-order valence-corrected chi connectivity index (χ2v) is 9.88. The lowest BCUT2D eigenvalue weighted by Crippen LogP contribution is -2.46. The number of aliphatic hydroxyl groups excluding tert-OH is 1. The third kappa shape index (κ3) is 6.82. The maximum Gasteiger partial charge on any atom is 0.190 e. The molecule has 1 aromatic carbocycles. The zero-order valence-corrected chi connectivity index (χ0v) is 24.0. The van der Waals surface area contributed by atoms with Crippen LogP contribution in [0.5, 0.6) is 11.5 Å². The largest absolute Gasteiger partial charge is 0.495 e. The minimum absolute atomic E-state index is 0.0314. The van der Waals surface area contributed by atoms with E-state index in [2.05, 4.69) is 45.4 Å². The van der Waals surface area contributed by atoms with Gasteiger partial charge < -0.3 is 25.2 Å². The number of aliphatic hydroxyl groups is 1. The van der Waals surface area contributed by atoms with Crippen molar-refractivity contribution in [2.45, 2.75) is 6.54 Å². The lowest BCUT2D eigenvalue weighted by molar-refractivity contribution is 0.108. The van der Waals surface area contributed by atoms with Crippen molar-refractivity contribution in [2.24, 2.45) is 0 Å². The summed E-state index contributed by atoms with van der Waals surface area (Å²) >= 11 is 6.41. The molecule has 14 heteroatoms. The molecule has 4 aromatic rings. The summed E-state index contributed by atoms with van der Waals surface area (Å²) in [4.78, 5) is 26.3. The van der Waals surface area contributed by atoms with Crippen molar-refractivity contribution in [3.63, 3.8) is 0 Å². The zero-order chi connectivity index (χ0) is 29.5. The van der Waals surface area contributed by atoms with Crippen molar-refractivity contribution >= 4 is 34.7 Å². The average Bonchev–Trinajstić information content (AvgIpc) is 3.02. The number of hydrogen-bond acceptors (Lipinski definition) is 12. The Balaban J connectivity index is 1.30. The van der Waals surface area contributed by atoms with E-state index in [9.17, 15) is 0 Å². The van der Waals surface area contributed by atoms with Crippen molar-refractivity contribution in [3.8, 4) is 22.8 Å². The van der Waals surface area contributed by atoms with Crippen LogP contribution in [0.3, 0.4) is 0 Å². The number of β-amino-alcohol motifs (C(OH)–C–C–N with tert-alkyl or cyclic N) is 1.